The Kier molecular flexibility index (Phi) is 5.05. The van der Waals surface area contributed by atoms with Gasteiger partial charge in [-0.25, -0.2) is 4.79 Å². The fourth-order valence-electron chi connectivity index (χ4n) is 2.51. The summed E-state index contributed by atoms with van der Waals surface area (Å²) in [6.07, 6.45) is 2.08. The standard InChI is InChI=1S/C15H27NO4/c1-14(2,3)20-13(19)16-10-15(4,5)9-8-11(16)6-7-12(17)18/h11H,6-10H2,1-5H3,(H,17,18). The van der Waals surface area contributed by atoms with E-state index in [1.807, 2.05) is 20.8 Å². The van der Waals surface area contributed by atoms with Gasteiger partial charge in [0.15, 0.2) is 0 Å². The van der Waals surface area contributed by atoms with E-state index in [0.29, 0.717) is 13.0 Å². The van der Waals surface area contributed by atoms with Crippen molar-refractivity contribution in [3.05, 3.63) is 0 Å². The van der Waals surface area contributed by atoms with Crippen LogP contribution in [0.2, 0.25) is 0 Å². The van der Waals surface area contributed by atoms with E-state index in [2.05, 4.69) is 13.8 Å². The number of ether oxygens (including phenoxy) is 1. The second-order valence-corrected chi connectivity index (χ2v) is 7.40. The molecule has 1 heterocycles. The van der Waals surface area contributed by atoms with Crippen LogP contribution < -0.4 is 0 Å². The molecule has 1 fully saturated rings. The first-order valence-corrected chi connectivity index (χ1v) is 7.22. The molecule has 0 aromatic carbocycles. The zero-order valence-electron chi connectivity index (χ0n) is 13.2. The molecule has 116 valence electrons. The van der Waals surface area contributed by atoms with Crippen LogP contribution in [-0.2, 0) is 9.53 Å². The zero-order valence-corrected chi connectivity index (χ0v) is 13.2. The highest BCUT2D eigenvalue weighted by Gasteiger charge is 2.37. The van der Waals surface area contributed by atoms with Crippen molar-refractivity contribution in [2.75, 3.05) is 6.54 Å². The summed E-state index contributed by atoms with van der Waals surface area (Å²) in [7, 11) is 0. The molecule has 1 saturated heterocycles. The molecule has 1 rings (SSSR count). The first kappa shape index (κ1) is 16.8. The Balaban J connectivity index is 2.76. The van der Waals surface area contributed by atoms with Crippen molar-refractivity contribution >= 4 is 12.1 Å². The van der Waals surface area contributed by atoms with Gasteiger partial charge in [-0.2, -0.15) is 0 Å². The van der Waals surface area contributed by atoms with Gasteiger partial charge in [-0.05, 0) is 45.4 Å². The van der Waals surface area contributed by atoms with Crippen LogP contribution in [-0.4, -0.2) is 40.3 Å². The van der Waals surface area contributed by atoms with E-state index in [9.17, 15) is 9.59 Å². The molecule has 1 unspecified atom stereocenters. The lowest BCUT2D eigenvalue weighted by atomic mass is 9.80. The maximum atomic E-state index is 12.3. The number of piperidine rings is 1. The lowest BCUT2D eigenvalue weighted by Gasteiger charge is -2.43. The molecule has 1 N–H and O–H groups in total. The van der Waals surface area contributed by atoms with Crippen LogP contribution in [0.15, 0.2) is 0 Å². The predicted octanol–water partition coefficient (Wildman–Crippen LogP) is 3.28. The van der Waals surface area contributed by atoms with Gasteiger partial charge in [0.25, 0.3) is 0 Å². The quantitative estimate of drug-likeness (QED) is 0.864. The summed E-state index contributed by atoms with van der Waals surface area (Å²) in [5.74, 6) is -0.820. The number of carbonyl (C=O) groups excluding carboxylic acids is 1. The number of carboxylic acids is 1. The number of carbonyl (C=O) groups is 2. The highest BCUT2D eigenvalue weighted by Crippen LogP contribution is 2.34. The van der Waals surface area contributed by atoms with Crippen LogP contribution in [0.4, 0.5) is 4.79 Å². The molecule has 0 aromatic heterocycles. The summed E-state index contributed by atoms with van der Waals surface area (Å²) in [4.78, 5) is 24.8. The van der Waals surface area contributed by atoms with Crippen molar-refractivity contribution in [2.45, 2.75) is 71.9 Å². The minimum Gasteiger partial charge on any atom is -0.481 e. The van der Waals surface area contributed by atoms with Gasteiger partial charge in [0.1, 0.15) is 5.60 Å². The third-order valence-corrected chi connectivity index (χ3v) is 3.51. The lowest BCUT2D eigenvalue weighted by molar-refractivity contribution is -0.137. The molecule has 0 radical (unpaired) electrons. The largest absolute Gasteiger partial charge is 0.481 e. The first-order chi connectivity index (χ1) is 9.00. The van der Waals surface area contributed by atoms with Crippen molar-refractivity contribution in [3.8, 4) is 0 Å². The number of carboxylic acid groups (broad SMARTS) is 1. The number of likely N-dealkylation sites (tertiary alicyclic amines) is 1. The fraction of sp³-hybridized carbons (Fsp3) is 0.867. The Hall–Kier alpha value is -1.26. The van der Waals surface area contributed by atoms with Crippen LogP contribution in [0.5, 0.6) is 0 Å². The van der Waals surface area contributed by atoms with Gasteiger partial charge in [0.05, 0.1) is 0 Å². The summed E-state index contributed by atoms with van der Waals surface area (Å²) in [5, 5.41) is 8.82. The molecule has 0 aromatic rings. The molecular weight excluding hydrogens is 258 g/mol. The van der Waals surface area contributed by atoms with Gasteiger partial charge >= 0.3 is 12.1 Å². The Morgan fingerprint density at radius 2 is 1.95 bits per heavy atom. The molecule has 1 aliphatic rings. The van der Waals surface area contributed by atoms with Gasteiger partial charge in [-0.1, -0.05) is 13.8 Å². The molecule has 1 aliphatic heterocycles. The second kappa shape index (κ2) is 6.02. The monoisotopic (exact) mass is 285 g/mol. The maximum Gasteiger partial charge on any atom is 0.410 e. The molecule has 5 heteroatoms. The summed E-state index contributed by atoms with van der Waals surface area (Å²) < 4.78 is 5.45. The van der Waals surface area contributed by atoms with Crippen molar-refractivity contribution in [1.29, 1.82) is 0 Å². The topological polar surface area (TPSA) is 66.8 Å². The first-order valence-electron chi connectivity index (χ1n) is 7.22. The Morgan fingerprint density at radius 1 is 1.35 bits per heavy atom. The number of hydrogen-bond donors (Lipinski definition) is 1. The van der Waals surface area contributed by atoms with E-state index in [0.717, 1.165) is 12.8 Å². The molecular formula is C15H27NO4. The number of amides is 1. The zero-order chi connectivity index (χ0) is 15.6. The van der Waals surface area contributed by atoms with Crippen molar-refractivity contribution in [3.63, 3.8) is 0 Å². The van der Waals surface area contributed by atoms with E-state index in [1.165, 1.54) is 0 Å². The number of nitrogens with zero attached hydrogens (tertiary/aromatic N) is 1. The fourth-order valence-corrected chi connectivity index (χ4v) is 2.51. The third-order valence-electron chi connectivity index (χ3n) is 3.51. The number of hydrogen-bond acceptors (Lipinski definition) is 3. The van der Waals surface area contributed by atoms with Crippen LogP contribution in [0.1, 0.15) is 60.3 Å². The second-order valence-electron chi connectivity index (χ2n) is 7.40. The minimum absolute atomic E-state index is 0.0334. The van der Waals surface area contributed by atoms with Gasteiger partial charge in [-0.15, -0.1) is 0 Å². The van der Waals surface area contributed by atoms with Crippen LogP contribution in [0.25, 0.3) is 0 Å². The van der Waals surface area contributed by atoms with Crippen LogP contribution in [0, 0.1) is 5.41 Å². The van der Waals surface area contributed by atoms with Gasteiger partial charge in [0, 0.05) is 19.0 Å². The molecule has 0 aliphatic carbocycles. The van der Waals surface area contributed by atoms with E-state index < -0.39 is 11.6 Å². The van der Waals surface area contributed by atoms with Crippen LogP contribution in [0.3, 0.4) is 0 Å². The Bertz CT molecular complexity index is 371. The molecule has 1 amide bonds. The molecule has 0 saturated carbocycles. The predicted molar refractivity (Wildman–Crippen MR) is 76.6 cm³/mol. The average molecular weight is 285 g/mol. The van der Waals surface area contributed by atoms with Crippen molar-refractivity contribution < 1.29 is 19.4 Å². The minimum atomic E-state index is -0.820. The van der Waals surface area contributed by atoms with Gasteiger partial charge in [0.2, 0.25) is 0 Å². The van der Waals surface area contributed by atoms with Crippen LogP contribution >= 0.6 is 0 Å². The third kappa shape index (κ3) is 5.39. The normalized spacial score (nSPS) is 22.4. The average Bonchev–Trinajstić information content (AvgIpc) is 2.23. The molecule has 5 nitrogen and oxygen atoms in total. The van der Waals surface area contributed by atoms with E-state index >= 15 is 0 Å². The smallest absolute Gasteiger partial charge is 0.410 e. The summed E-state index contributed by atoms with van der Waals surface area (Å²) in [6.45, 7) is 10.4. The molecule has 1 atom stereocenters. The van der Waals surface area contributed by atoms with E-state index in [-0.39, 0.29) is 24.0 Å². The maximum absolute atomic E-state index is 12.3. The van der Waals surface area contributed by atoms with Crippen molar-refractivity contribution in [2.24, 2.45) is 5.41 Å². The van der Waals surface area contributed by atoms with Crippen molar-refractivity contribution in [1.82, 2.24) is 4.90 Å². The van der Waals surface area contributed by atoms with Gasteiger partial charge < -0.3 is 14.7 Å². The molecule has 20 heavy (non-hydrogen) atoms. The number of rotatable bonds is 3. The Morgan fingerprint density at radius 3 is 2.45 bits per heavy atom. The molecule has 0 bridgehead atoms. The SMILES string of the molecule is CC1(C)CCC(CCC(=O)O)N(C(=O)OC(C)(C)C)C1. The number of aliphatic carboxylic acids is 1. The van der Waals surface area contributed by atoms with E-state index in [1.54, 1.807) is 4.90 Å². The summed E-state index contributed by atoms with van der Waals surface area (Å²) in [5.41, 5.74) is -0.480. The molecule has 0 spiro atoms. The Labute approximate surface area is 121 Å². The lowest BCUT2D eigenvalue weighted by Crippen LogP contribution is -2.51. The highest BCUT2D eigenvalue weighted by atomic mass is 16.6. The van der Waals surface area contributed by atoms with Gasteiger partial charge in [-0.3, -0.25) is 4.79 Å². The van der Waals surface area contributed by atoms with E-state index in [4.69, 9.17) is 9.84 Å². The summed E-state index contributed by atoms with van der Waals surface area (Å²) in [6, 6.07) is -0.0334. The highest BCUT2D eigenvalue weighted by molar-refractivity contribution is 5.69. The summed E-state index contributed by atoms with van der Waals surface area (Å²) >= 11 is 0.